The second kappa shape index (κ2) is 6.65. The van der Waals surface area contributed by atoms with Crippen LogP contribution >= 0.6 is 0 Å². The van der Waals surface area contributed by atoms with Crippen LogP contribution in [0, 0.1) is 0 Å². The predicted octanol–water partition coefficient (Wildman–Crippen LogP) is 0.263. The summed E-state index contributed by atoms with van der Waals surface area (Å²) in [4.78, 5) is 23.9. The third-order valence-corrected chi connectivity index (χ3v) is 3.78. The minimum Gasteiger partial charge on any atom is -0.350 e. The second-order valence-electron chi connectivity index (χ2n) is 5.03. The lowest BCUT2D eigenvalue weighted by molar-refractivity contribution is -0.122. The Morgan fingerprint density at radius 3 is 2.75 bits per heavy atom. The average Bonchev–Trinajstić information content (AvgIpc) is 2.99. The molecule has 6 heteroatoms. The predicted molar refractivity (Wildman–Crippen MR) is 76.5 cm³/mol. The van der Waals surface area contributed by atoms with Crippen molar-refractivity contribution in [3.8, 4) is 0 Å². The Morgan fingerprint density at radius 1 is 1.35 bits per heavy atom. The second-order valence-corrected chi connectivity index (χ2v) is 5.03. The minimum absolute atomic E-state index is 0.0289. The van der Waals surface area contributed by atoms with Crippen molar-refractivity contribution in [2.75, 3.05) is 6.54 Å². The van der Waals surface area contributed by atoms with Gasteiger partial charge in [0.2, 0.25) is 5.91 Å². The van der Waals surface area contributed by atoms with Crippen molar-refractivity contribution in [3.63, 3.8) is 0 Å². The van der Waals surface area contributed by atoms with E-state index in [0.29, 0.717) is 5.56 Å². The molecule has 0 aromatic carbocycles. The molecule has 1 saturated heterocycles. The zero-order valence-electron chi connectivity index (χ0n) is 12.1. The summed E-state index contributed by atoms with van der Waals surface area (Å²) in [5.41, 5.74) is 2.27. The molecular formula is C14H22N4O2. The Balaban J connectivity index is 2.12. The fraction of sp³-hybridized carbons (Fsp3) is 0.643. The monoisotopic (exact) mass is 278 g/mol. The highest BCUT2D eigenvalue weighted by atomic mass is 16.2. The van der Waals surface area contributed by atoms with Crippen molar-refractivity contribution in [2.24, 2.45) is 0 Å². The van der Waals surface area contributed by atoms with E-state index < -0.39 is 0 Å². The van der Waals surface area contributed by atoms with E-state index in [9.17, 15) is 9.59 Å². The molecule has 110 valence electrons. The van der Waals surface area contributed by atoms with Gasteiger partial charge in [0.05, 0.1) is 11.7 Å². The van der Waals surface area contributed by atoms with Gasteiger partial charge in [-0.3, -0.25) is 9.59 Å². The van der Waals surface area contributed by atoms with Gasteiger partial charge in [-0.1, -0.05) is 13.8 Å². The zero-order chi connectivity index (χ0) is 14.5. The number of rotatable bonds is 5. The van der Waals surface area contributed by atoms with Gasteiger partial charge in [-0.15, -0.1) is 0 Å². The number of amides is 1. The molecule has 0 spiro atoms. The first kappa shape index (κ1) is 14.7. The van der Waals surface area contributed by atoms with E-state index in [1.165, 1.54) is 0 Å². The van der Waals surface area contributed by atoms with Crippen LogP contribution in [-0.4, -0.2) is 28.7 Å². The van der Waals surface area contributed by atoms with Gasteiger partial charge in [-0.25, -0.2) is 5.10 Å². The van der Waals surface area contributed by atoms with E-state index in [2.05, 4.69) is 20.8 Å². The molecule has 0 saturated carbocycles. The standard InChI is InChI=1S/C14H22N4O2/c1-3-9-10(13(19)18-17-11(9)4-2)8-16-14(20)12-6-5-7-15-12/h12,15H,3-8H2,1-2H3,(H,16,20)(H,18,19). The van der Waals surface area contributed by atoms with Crippen LogP contribution in [0.1, 0.15) is 43.5 Å². The van der Waals surface area contributed by atoms with E-state index in [0.717, 1.165) is 43.5 Å². The highest BCUT2D eigenvalue weighted by Gasteiger charge is 2.22. The number of nitrogens with one attached hydrogen (secondary N) is 3. The fourth-order valence-electron chi connectivity index (χ4n) is 2.67. The van der Waals surface area contributed by atoms with Crippen molar-refractivity contribution in [2.45, 2.75) is 52.1 Å². The SMILES string of the molecule is CCc1n[nH]c(=O)c(CNC(=O)C2CCCN2)c1CC. The quantitative estimate of drug-likeness (QED) is 0.721. The Labute approximate surface area is 118 Å². The lowest BCUT2D eigenvalue weighted by atomic mass is 10.0. The largest absolute Gasteiger partial charge is 0.350 e. The normalized spacial score (nSPS) is 18.2. The Bertz CT molecular complexity index is 532. The number of nitrogens with zero attached hydrogens (tertiary/aromatic N) is 1. The summed E-state index contributed by atoms with van der Waals surface area (Å²) < 4.78 is 0. The molecule has 3 N–H and O–H groups in total. The van der Waals surface area contributed by atoms with Crippen molar-refractivity contribution in [3.05, 3.63) is 27.2 Å². The molecule has 1 amide bonds. The number of aryl methyl sites for hydroxylation is 1. The summed E-state index contributed by atoms with van der Waals surface area (Å²) in [7, 11) is 0. The zero-order valence-corrected chi connectivity index (χ0v) is 12.1. The van der Waals surface area contributed by atoms with Gasteiger partial charge in [-0.05, 0) is 37.8 Å². The Morgan fingerprint density at radius 2 is 2.15 bits per heavy atom. The number of carbonyl (C=O) groups excluding carboxylic acids is 1. The Kier molecular flexibility index (Phi) is 4.89. The molecular weight excluding hydrogens is 256 g/mol. The topological polar surface area (TPSA) is 86.9 Å². The van der Waals surface area contributed by atoms with E-state index >= 15 is 0 Å². The first-order valence-corrected chi connectivity index (χ1v) is 7.27. The van der Waals surface area contributed by atoms with Gasteiger partial charge in [0.15, 0.2) is 0 Å². The van der Waals surface area contributed by atoms with Crippen molar-refractivity contribution < 1.29 is 4.79 Å². The fourth-order valence-corrected chi connectivity index (χ4v) is 2.67. The molecule has 20 heavy (non-hydrogen) atoms. The van der Waals surface area contributed by atoms with Crippen LogP contribution in [0.15, 0.2) is 4.79 Å². The molecule has 2 rings (SSSR count). The third-order valence-electron chi connectivity index (χ3n) is 3.78. The van der Waals surface area contributed by atoms with E-state index in [1.54, 1.807) is 0 Å². The van der Waals surface area contributed by atoms with Crippen molar-refractivity contribution in [1.82, 2.24) is 20.8 Å². The number of aromatic nitrogens is 2. The van der Waals surface area contributed by atoms with E-state index in [1.807, 2.05) is 13.8 Å². The molecule has 1 aromatic heterocycles. The van der Waals surface area contributed by atoms with Crippen LogP contribution in [0.4, 0.5) is 0 Å². The summed E-state index contributed by atoms with van der Waals surface area (Å²) in [6, 6.07) is -0.119. The molecule has 2 heterocycles. The molecule has 0 bridgehead atoms. The molecule has 1 aliphatic rings. The lowest BCUT2D eigenvalue weighted by Gasteiger charge is -2.13. The van der Waals surface area contributed by atoms with Gasteiger partial charge in [-0.2, -0.15) is 5.10 Å². The summed E-state index contributed by atoms with van der Waals surface area (Å²) in [6.07, 6.45) is 3.39. The van der Waals surface area contributed by atoms with Crippen LogP contribution in [0.5, 0.6) is 0 Å². The van der Waals surface area contributed by atoms with Gasteiger partial charge in [0.25, 0.3) is 5.56 Å². The number of hydrogen-bond acceptors (Lipinski definition) is 4. The number of hydrogen-bond donors (Lipinski definition) is 3. The van der Waals surface area contributed by atoms with Crippen LogP contribution in [0.3, 0.4) is 0 Å². The maximum Gasteiger partial charge on any atom is 0.269 e. The summed E-state index contributed by atoms with van der Waals surface area (Å²) >= 11 is 0. The highest BCUT2D eigenvalue weighted by molar-refractivity contribution is 5.82. The maximum absolute atomic E-state index is 12.0. The van der Waals surface area contributed by atoms with Gasteiger partial charge >= 0.3 is 0 Å². The molecule has 1 unspecified atom stereocenters. The average molecular weight is 278 g/mol. The first-order valence-electron chi connectivity index (χ1n) is 7.27. The summed E-state index contributed by atoms with van der Waals surface area (Å²) in [5.74, 6) is -0.0289. The lowest BCUT2D eigenvalue weighted by Crippen LogP contribution is -2.41. The number of H-pyrrole nitrogens is 1. The van der Waals surface area contributed by atoms with Gasteiger partial charge < -0.3 is 10.6 Å². The van der Waals surface area contributed by atoms with Crippen molar-refractivity contribution >= 4 is 5.91 Å². The smallest absolute Gasteiger partial charge is 0.269 e. The third kappa shape index (κ3) is 3.07. The molecule has 6 nitrogen and oxygen atoms in total. The summed E-state index contributed by atoms with van der Waals surface area (Å²) in [6.45, 7) is 5.16. The van der Waals surface area contributed by atoms with Gasteiger partial charge in [0.1, 0.15) is 0 Å². The molecule has 0 aliphatic carbocycles. The minimum atomic E-state index is -0.210. The number of aromatic amines is 1. The van der Waals surface area contributed by atoms with E-state index in [4.69, 9.17) is 0 Å². The van der Waals surface area contributed by atoms with Crippen LogP contribution in [-0.2, 0) is 24.2 Å². The van der Waals surface area contributed by atoms with E-state index in [-0.39, 0.29) is 24.1 Å². The molecule has 1 aliphatic heterocycles. The maximum atomic E-state index is 12.0. The Hall–Kier alpha value is -1.69. The molecule has 1 fully saturated rings. The van der Waals surface area contributed by atoms with Crippen LogP contribution in [0.25, 0.3) is 0 Å². The first-order chi connectivity index (χ1) is 9.67. The highest BCUT2D eigenvalue weighted by Crippen LogP contribution is 2.10. The summed E-state index contributed by atoms with van der Waals surface area (Å²) in [5, 5.41) is 12.6. The molecule has 1 atom stereocenters. The van der Waals surface area contributed by atoms with Crippen LogP contribution in [0.2, 0.25) is 0 Å². The number of carbonyl (C=O) groups is 1. The van der Waals surface area contributed by atoms with Gasteiger partial charge in [0, 0.05) is 12.1 Å². The molecule has 1 aromatic rings. The van der Waals surface area contributed by atoms with Crippen LogP contribution < -0.4 is 16.2 Å². The molecule has 0 radical (unpaired) electrons. The van der Waals surface area contributed by atoms with Crippen molar-refractivity contribution in [1.29, 1.82) is 0 Å².